The van der Waals surface area contributed by atoms with E-state index in [1.807, 2.05) is 30.3 Å². The molecule has 1 N–H and O–H groups in total. The number of carbonyl (C=O) groups is 3. The lowest BCUT2D eigenvalue weighted by molar-refractivity contribution is -0.141. The lowest BCUT2D eigenvalue weighted by Gasteiger charge is -2.40. The summed E-state index contributed by atoms with van der Waals surface area (Å²) in [6.07, 6.45) is -0.114. The summed E-state index contributed by atoms with van der Waals surface area (Å²) in [5.74, 6) is -2.88. The number of hydrazone groups is 1. The highest BCUT2D eigenvalue weighted by molar-refractivity contribution is 6.13. The lowest BCUT2D eigenvalue weighted by Crippen LogP contribution is -2.60. The normalized spacial score (nSPS) is 19.7. The first kappa shape index (κ1) is 28.0. The molecule has 0 bridgehead atoms. The van der Waals surface area contributed by atoms with E-state index in [2.05, 4.69) is 10.4 Å². The fraction of sp³-hybridized carbons (Fsp3) is 0.429. The summed E-state index contributed by atoms with van der Waals surface area (Å²) >= 11 is 0. The van der Waals surface area contributed by atoms with Crippen molar-refractivity contribution in [2.24, 2.45) is 10.5 Å². The van der Waals surface area contributed by atoms with Gasteiger partial charge in [0.1, 0.15) is 29.4 Å². The first-order chi connectivity index (χ1) is 18.4. The van der Waals surface area contributed by atoms with E-state index in [1.165, 1.54) is 16.0 Å². The SMILES string of the molecule is CN1N=C2CCN(C(=O)[C@@H](COc3ccc(F)c(F)c3)NC(=O)OC(C)(C)C)C[C@@]2(Cc2ccccc2)C1=O. The van der Waals surface area contributed by atoms with Crippen molar-refractivity contribution in [2.75, 3.05) is 26.7 Å². The van der Waals surface area contributed by atoms with Crippen LogP contribution in [0.5, 0.6) is 5.75 Å². The van der Waals surface area contributed by atoms with Crippen LogP contribution in [0.4, 0.5) is 13.6 Å². The maximum atomic E-state index is 13.8. The van der Waals surface area contributed by atoms with Crippen molar-refractivity contribution < 1.29 is 32.6 Å². The summed E-state index contributed by atoms with van der Waals surface area (Å²) < 4.78 is 37.9. The zero-order chi connectivity index (χ0) is 28.4. The van der Waals surface area contributed by atoms with Crippen molar-refractivity contribution >= 4 is 23.6 Å². The summed E-state index contributed by atoms with van der Waals surface area (Å²) in [6.45, 7) is 5.00. The molecule has 0 radical (unpaired) electrons. The van der Waals surface area contributed by atoms with Crippen LogP contribution in [0.15, 0.2) is 53.6 Å². The maximum absolute atomic E-state index is 13.8. The number of amides is 3. The van der Waals surface area contributed by atoms with Crippen LogP contribution in [0.1, 0.15) is 32.8 Å². The number of likely N-dealkylation sites (tertiary alicyclic amines) is 1. The van der Waals surface area contributed by atoms with E-state index in [9.17, 15) is 23.2 Å². The molecule has 2 aliphatic rings. The summed E-state index contributed by atoms with van der Waals surface area (Å²) in [5.41, 5.74) is -0.234. The summed E-state index contributed by atoms with van der Waals surface area (Å²) in [4.78, 5) is 41.3. The molecule has 0 unspecified atom stereocenters. The summed E-state index contributed by atoms with van der Waals surface area (Å²) in [5, 5.41) is 8.31. The van der Waals surface area contributed by atoms with E-state index in [4.69, 9.17) is 9.47 Å². The van der Waals surface area contributed by atoms with Crippen molar-refractivity contribution in [2.45, 2.75) is 45.3 Å². The molecule has 0 aliphatic carbocycles. The quantitative estimate of drug-likeness (QED) is 0.577. The number of fused-ring (bicyclic) bond motifs is 1. The predicted octanol–water partition coefficient (Wildman–Crippen LogP) is 3.53. The van der Waals surface area contributed by atoms with Crippen molar-refractivity contribution in [1.82, 2.24) is 15.2 Å². The van der Waals surface area contributed by atoms with Crippen LogP contribution in [0.3, 0.4) is 0 Å². The second-order valence-corrected chi connectivity index (χ2v) is 10.7. The van der Waals surface area contributed by atoms with Crippen LogP contribution >= 0.6 is 0 Å². The van der Waals surface area contributed by atoms with Crippen LogP contribution in [0.25, 0.3) is 0 Å². The second-order valence-electron chi connectivity index (χ2n) is 10.7. The van der Waals surface area contributed by atoms with Gasteiger partial charge >= 0.3 is 6.09 Å². The van der Waals surface area contributed by atoms with E-state index in [0.29, 0.717) is 18.6 Å². The minimum atomic E-state index is -1.23. The maximum Gasteiger partial charge on any atom is 0.408 e. The molecular formula is C28H32F2N4O5. The van der Waals surface area contributed by atoms with Gasteiger partial charge in [-0.1, -0.05) is 30.3 Å². The van der Waals surface area contributed by atoms with Gasteiger partial charge in [0.25, 0.3) is 5.91 Å². The molecule has 9 nitrogen and oxygen atoms in total. The number of hydrogen-bond acceptors (Lipinski definition) is 6. The average Bonchev–Trinajstić information content (AvgIpc) is 3.11. The van der Waals surface area contributed by atoms with Gasteiger partial charge in [-0.05, 0) is 44.9 Å². The first-order valence-corrected chi connectivity index (χ1v) is 12.6. The molecular weight excluding hydrogens is 510 g/mol. The standard InChI is InChI=1S/C28H32F2N4O5/c1-27(2,3)39-26(37)31-22(16-38-19-10-11-20(29)21(30)14-19)24(35)34-13-12-23-28(17-34,25(36)33(4)32-23)15-18-8-6-5-7-9-18/h5-11,14,22H,12-13,15-17H2,1-4H3,(H,31,37)/t22-,28-/m1/s1. The number of benzene rings is 2. The predicted molar refractivity (Wildman–Crippen MR) is 139 cm³/mol. The lowest BCUT2D eigenvalue weighted by atomic mass is 9.73. The van der Waals surface area contributed by atoms with E-state index in [0.717, 1.165) is 17.7 Å². The number of nitrogens with zero attached hydrogens (tertiary/aromatic N) is 3. The summed E-state index contributed by atoms with van der Waals surface area (Å²) in [7, 11) is 1.59. The van der Waals surface area contributed by atoms with E-state index >= 15 is 0 Å². The Kier molecular flexibility index (Phi) is 7.89. The fourth-order valence-electron chi connectivity index (χ4n) is 4.81. The highest BCUT2D eigenvalue weighted by Crippen LogP contribution is 2.38. The van der Waals surface area contributed by atoms with Gasteiger partial charge in [0.15, 0.2) is 11.6 Å². The zero-order valence-electron chi connectivity index (χ0n) is 22.4. The van der Waals surface area contributed by atoms with Gasteiger partial charge in [-0.15, -0.1) is 0 Å². The van der Waals surface area contributed by atoms with Crippen LogP contribution in [0, 0.1) is 17.0 Å². The average molecular weight is 543 g/mol. The van der Waals surface area contributed by atoms with Gasteiger partial charge in [0.2, 0.25) is 5.91 Å². The number of rotatable bonds is 7. The Bertz CT molecular complexity index is 1280. The topological polar surface area (TPSA) is 101 Å². The Hall–Kier alpha value is -4.02. The van der Waals surface area contributed by atoms with Crippen molar-refractivity contribution in [3.05, 3.63) is 65.7 Å². The number of hydrogen-bond donors (Lipinski definition) is 1. The van der Waals surface area contributed by atoms with Crippen LogP contribution in [-0.4, -0.2) is 71.9 Å². The Morgan fingerprint density at radius 3 is 2.51 bits per heavy atom. The molecule has 4 rings (SSSR count). The smallest absolute Gasteiger partial charge is 0.408 e. The molecule has 39 heavy (non-hydrogen) atoms. The molecule has 2 heterocycles. The molecule has 0 spiro atoms. The highest BCUT2D eigenvalue weighted by Gasteiger charge is 2.54. The van der Waals surface area contributed by atoms with Gasteiger partial charge in [0.05, 0.1) is 5.71 Å². The third-order valence-electron chi connectivity index (χ3n) is 6.56. The molecule has 11 heteroatoms. The molecule has 2 aliphatic heterocycles. The minimum Gasteiger partial charge on any atom is -0.491 e. The molecule has 1 saturated heterocycles. The summed E-state index contributed by atoms with van der Waals surface area (Å²) in [6, 6.07) is 11.2. The van der Waals surface area contributed by atoms with E-state index < -0.39 is 40.7 Å². The van der Waals surface area contributed by atoms with Gasteiger partial charge in [-0.3, -0.25) is 9.59 Å². The number of alkyl carbamates (subject to hydrolysis) is 1. The number of halogens is 2. The Balaban J connectivity index is 1.57. The van der Waals surface area contributed by atoms with Crippen LogP contribution in [-0.2, 0) is 20.7 Å². The molecule has 2 aromatic rings. The largest absolute Gasteiger partial charge is 0.491 e. The van der Waals surface area contributed by atoms with E-state index in [1.54, 1.807) is 27.8 Å². The molecule has 2 aromatic carbocycles. The zero-order valence-corrected chi connectivity index (χ0v) is 22.4. The number of nitrogens with one attached hydrogen (secondary N) is 1. The monoisotopic (exact) mass is 542 g/mol. The minimum absolute atomic E-state index is 0.0149. The van der Waals surface area contributed by atoms with Gasteiger partial charge in [-0.2, -0.15) is 5.10 Å². The van der Waals surface area contributed by atoms with Crippen molar-refractivity contribution in [3.8, 4) is 5.75 Å². The molecule has 0 saturated carbocycles. The molecule has 208 valence electrons. The van der Waals surface area contributed by atoms with Crippen LogP contribution < -0.4 is 10.1 Å². The van der Waals surface area contributed by atoms with Crippen LogP contribution in [0.2, 0.25) is 0 Å². The molecule has 0 aromatic heterocycles. The highest BCUT2D eigenvalue weighted by atomic mass is 19.2. The Labute approximate surface area is 225 Å². The first-order valence-electron chi connectivity index (χ1n) is 12.6. The Morgan fingerprint density at radius 2 is 1.85 bits per heavy atom. The molecule has 3 amide bonds. The number of ether oxygens (including phenoxy) is 2. The van der Waals surface area contributed by atoms with Gasteiger partial charge < -0.3 is 19.7 Å². The van der Waals surface area contributed by atoms with Gasteiger partial charge in [0, 0.05) is 32.6 Å². The number of carbonyl (C=O) groups excluding carboxylic acids is 3. The van der Waals surface area contributed by atoms with Gasteiger partial charge in [-0.25, -0.2) is 18.6 Å². The van der Waals surface area contributed by atoms with Crippen molar-refractivity contribution in [3.63, 3.8) is 0 Å². The third kappa shape index (κ3) is 6.35. The van der Waals surface area contributed by atoms with Crippen molar-refractivity contribution in [1.29, 1.82) is 0 Å². The number of piperidine rings is 1. The Morgan fingerprint density at radius 1 is 1.13 bits per heavy atom. The van der Waals surface area contributed by atoms with E-state index in [-0.39, 0.29) is 31.4 Å². The third-order valence-corrected chi connectivity index (χ3v) is 6.56. The molecule has 2 atom stereocenters. The second kappa shape index (κ2) is 11.0. The fourth-order valence-corrected chi connectivity index (χ4v) is 4.81. The molecule has 1 fully saturated rings.